The SMILES string of the molecule is CCOC(=O)c1cn2c(-c3cnn(C)c3)ccnc2n1. The van der Waals surface area contributed by atoms with Crippen LogP contribution >= 0.6 is 0 Å². The fraction of sp³-hybridized carbons (Fsp3) is 0.231. The van der Waals surface area contributed by atoms with E-state index in [2.05, 4.69) is 15.1 Å². The van der Waals surface area contributed by atoms with Gasteiger partial charge >= 0.3 is 5.97 Å². The van der Waals surface area contributed by atoms with Crippen molar-refractivity contribution in [2.45, 2.75) is 6.92 Å². The number of carbonyl (C=O) groups excluding carboxylic acids is 1. The molecular formula is C13H13N5O2. The van der Waals surface area contributed by atoms with Crippen LogP contribution in [0.15, 0.2) is 30.9 Å². The summed E-state index contributed by atoms with van der Waals surface area (Å²) < 4.78 is 8.41. The molecule has 0 bridgehead atoms. The van der Waals surface area contributed by atoms with Crippen LogP contribution in [0.25, 0.3) is 17.0 Å². The van der Waals surface area contributed by atoms with Crippen molar-refractivity contribution < 1.29 is 9.53 Å². The maximum absolute atomic E-state index is 11.7. The van der Waals surface area contributed by atoms with Crippen molar-refractivity contribution in [2.75, 3.05) is 6.61 Å². The minimum Gasteiger partial charge on any atom is -0.461 e. The van der Waals surface area contributed by atoms with E-state index in [4.69, 9.17) is 4.74 Å². The Morgan fingerprint density at radius 3 is 2.95 bits per heavy atom. The zero-order valence-electron chi connectivity index (χ0n) is 11.1. The van der Waals surface area contributed by atoms with Gasteiger partial charge in [0.25, 0.3) is 0 Å². The van der Waals surface area contributed by atoms with Crippen LogP contribution in [0.2, 0.25) is 0 Å². The average molecular weight is 271 g/mol. The van der Waals surface area contributed by atoms with Gasteiger partial charge in [-0.25, -0.2) is 14.8 Å². The summed E-state index contributed by atoms with van der Waals surface area (Å²) in [5, 5.41) is 4.14. The van der Waals surface area contributed by atoms with Gasteiger partial charge in [0.15, 0.2) is 5.69 Å². The maximum Gasteiger partial charge on any atom is 0.358 e. The van der Waals surface area contributed by atoms with Gasteiger partial charge < -0.3 is 4.74 Å². The third-order valence-electron chi connectivity index (χ3n) is 2.85. The Labute approximate surface area is 114 Å². The smallest absolute Gasteiger partial charge is 0.358 e. The van der Waals surface area contributed by atoms with E-state index >= 15 is 0 Å². The Bertz CT molecular complexity index is 774. The number of rotatable bonds is 3. The van der Waals surface area contributed by atoms with Crippen molar-refractivity contribution in [3.63, 3.8) is 0 Å². The summed E-state index contributed by atoms with van der Waals surface area (Å²) in [6.45, 7) is 2.07. The average Bonchev–Trinajstić information content (AvgIpc) is 3.04. The number of nitrogens with zero attached hydrogens (tertiary/aromatic N) is 5. The molecule has 7 heteroatoms. The van der Waals surface area contributed by atoms with Crippen molar-refractivity contribution in [1.29, 1.82) is 0 Å². The fourth-order valence-electron chi connectivity index (χ4n) is 1.99. The van der Waals surface area contributed by atoms with Gasteiger partial charge in [0, 0.05) is 31.2 Å². The predicted molar refractivity (Wildman–Crippen MR) is 71.1 cm³/mol. The number of carbonyl (C=O) groups is 1. The second kappa shape index (κ2) is 4.76. The summed E-state index contributed by atoms with van der Waals surface area (Å²) in [6.07, 6.45) is 6.92. The molecule has 0 aliphatic carbocycles. The highest BCUT2D eigenvalue weighted by molar-refractivity contribution is 5.88. The summed E-state index contributed by atoms with van der Waals surface area (Å²) in [5.74, 6) is 0.00421. The number of aromatic nitrogens is 5. The summed E-state index contributed by atoms with van der Waals surface area (Å²) >= 11 is 0. The molecule has 0 amide bonds. The highest BCUT2D eigenvalue weighted by Gasteiger charge is 2.14. The Kier molecular flexibility index (Phi) is 2.94. The van der Waals surface area contributed by atoms with Crippen molar-refractivity contribution in [3.05, 3.63) is 36.5 Å². The molecule has 0 N–H and O–H groups in total. The Hall–Kier alpha value is -2.70. The molecule has 0 atom stereocenters. The van der Waals surface area contributed by atoms with Gasteiger partial charge in [0.1, 0.15) is 0 Å². The first-order chi connectivity index (χ1) is 9.69. The van der Waals surface area contributed by atoms with Crippen LogP contribution in [-0.4, -0.2) is 36.7 Å². The topological polar surface area (TPSA) is 74.3 Å². The van der Waals surface area contributed by atoms with Gasteiger partial charge in [-0.15, -0.1) is 0 Å². The van der Waals surface area contributed by atoms with Gasteiger partial charge in [-0.05, 0) is 13.0 Å². The number of fused-ring (bicyclic) bond motifs is 1. The van der Waals surface area contributed by atoms with Gasteiger partial charge in [0.05, 0.1) is 18.5 Å². The zero-order chi connectivity index (χ0) is 14.1. The molecule has 3 aromatic heterocycles. The molecule has 0 radical (unpaired) electrons. The van der Waals surface area contributed by atoms with Gasteiger partial charge in [-0.2, -0.15) is 5.10 Å². The lowest BCUT2D eigenvalue weighted by molar-refractivity contribution is 0.0520. The van der Waals surface area contributed by atoms with E-state index in [0.29, 0.717) is 12.4 Å². The molecule has 102 valence electrons. The number of esters is 1. The van der Waals surface area contributed by atoms with Gasteiger partial charge in [-0.3, -0.25) is 9.08 Å². The molecule has 0 unspecified atom stereocenters. The zero-order valence-corrected chi connectivity index (χ0v) is 11.1. The van der Waals surface area contributed by atoms with E-state index in [1.807, 2.05) is 19.3 Å². The Morgan fingerprint density at radius 2 is 2.25 bits per heavy atom. The number of imidazole rings is 1. The molecule has 0 aromatic carbocycles. The molecule has 0 saturated heterocycles. The van der Waals surface area contributed by atoms with Crippen molar-refractivity contribution >= 4 is 11.7 Å². The number of aryl methyl sites for hydroxylation is 1. The minimum atomic E-state index is -0.449. The van der Waals surface area contributed by atoms with Crippen LogP contribution in [0.3, 0.4) is 0 Å². The molecule has 0 aliphatic heterocycles. The third kappa shape index (κ3) is 2.03. The van der Waals surface area contributed by atoms with Crippen molar-refractivity contribution in [2.24, 2.45) is 7.05 Å². The van der Waals surface area contributed by atoms with E-state index < -0.39 is 5.97 Å². The van der Waals surface area contributed by atoms with Crippen LogP contribution in [0.4, 0.5) is 0 Å². The van der Waals surface area contributed by atoms with E-state index in [-0.39, 0.29) is 5.69 Å². The Morgan fingerprint density at radius 1 is 1.40 bits per heavy atom. The second-order valence-electron chi connectivity index (χ2n) is 4.25. The maximum atomic E-state index is 11.7. The first kappa shape index (κ1) is 12.3. The highest BCUT2D eigenvalue weighted by atomic mass is 16.5. The number of hydrogen-bond acceptors (Lipinski definition) is 5. The van der Waals surface area contributed by atoms with Gasteiger partial charge in [0.2, 0.25) is 5.78 Å². The van der Waals surface area contributed by atoms with Crippen molar-refractivity contribution in [3.8, 4) is 11.3 Å². The van der Waals surface area contributed by atoms with E-state index in [0.717, 1.165) is 11.3 Å². The molecule has 0 spiro atoms. The van der Waals surface area contributed by atoms with Crippen LogP contribution in [0.5, 0.6) is 0 Å². The summed E-state index contributed by atoms with van der Waals surface area (Å²) in [4.78, 5) is 20.1. The molecular weight excluding hydrogens is 258 g/mol. The molecule has 3 aromatic rings. The van der Waals surface area contributed by atoms with E-state index in [9.17, 15) is 4.79 Å². The van der Waals surface area contributed by atoms with Gasteiger partial charge in [-0.1, -0.05) is 0 Å². The molecule has 3 heterocycles. The van der Waals surface area contributed by atoms with Crippen LogP contribution in [-0.2, 0) is 11.8 Å². The monoisotopic (exact) mass is 271 g/mol. The lowest BCUT2D eigenvalue weighted by Crippen LogP contribution is -2.04. The fourth-order valence-corrected chi connectivity index (χ4v) is 1.99. The lowest BCUT2D eigenvalue weighted by atomic mass is 10.2. The number of ether oxygens (including phenoxy) is 1. The summed E-state index contributed by atoms with van der Waals surface area (Å²) in [5.41, 5.74) is 2.04. The normalized spacial score (nSPS) is 10.9. The quantitative estimate of drug-likeness (QED) is 0.671. The summed E-state index contributed by atoms with van der Waals surface area (Å²) in [6, 6.07) is 1.85. The van der Waals surface area contributed by atoms with E-state index in [1.165, 1.54) is 0 Å². The molecule has 7 nitrogen and oxygen atoms in total. The first-order valence-electron chi connectivity index (χ1n) is 6.19. The molecule has 0 fully saturated rings. The third-order valence-corrected chi connectivity index (χ3v) is 2.85. The van der Waals surface area contributed by atoms with Crippen LogP contribution < -0.4 is 0 Å². The minimum absolute atomic E-state index is 0.246. The largest absolute Gasteiger partial charge is 0.461 e. The first-order valence-corrected chi connectivity index (χ1v) is 6.19. The van der Waals surface area contributed by atoms with Crippen LogP contribution in [0.1, 0.15) is 17.4 Å². The van der Waals surface area contributed by atoms with Crippen molar-refractivity contribution in [1.82, 2.24) is 24.1 Å². The van der Waals surface area contributed by atoms with E-state index in [1.54, 1.807) is 34.6 Å². The Balaban J connectivity index is 2.12. The highest BCUT2D eigenvalue weighted by Crippen LogP contribution is 2.19. The van der Waals surface area contributed by atoms with Crippen LogP contribution in [0, 0.1) is 0 Å². The second-order valence-corrected chi connectivity index (χ2v) is 4.25. The molecule has 20 heavy (non-hydrogen) atoms. The molecule has 3 rings (SSSR count). The summed E-state index contributed by atoms with van der Waals surface area (Å²) in [7, 11) is 1.85. The standard InChI is InChI=1S/C13H13N5O2/c1-3-20-12(19)10-8-18-11(4-5-14-13(18)16-10)9-6-15-17(2)7-9/h4-8H,3H2,1-2H3. The lowest BCUT2D eigenvalue weighted by Gasteiger charge is -2.00. The predicted octanol–water partition coefficient (Wildman–Crippen LogP) is 1.31. The molecule has 0 aliphatic rings. The molecule has 0 saturated carbocycles. The number of hydrogen-bond donors (Lipinski definition) is 0.